The first-order valence-electron chi connectivity index (χ1n) is 6.72. The molecule has 7 heteroatoms. The lowest BCUT2D eigenvalue weighted by molar-refractivity contribution is 0.0720. The van der Waals surface area contributed by atoms with Crippen molar-refractivity contribution >= 4 is 11.9 Å². The number of rotatable bonds is 6. The van der Waals surface area contributed by atoms with Crippen molar-refractivity contribution in [2.45, 2.75) is 6.54 Å². The van der Waals surface area contributed by atoms with Crippen molar-refractivity contribution in [3.8, 4) is 0 Å². The summed E-state index contributed by atoms with van der Waals surface area (Å²) in [5.41, 5.74) is 6.53. The number of likely N-dealkylation sites (N-methyl/N-ethyl adjacent to an activating group) is 1. The van der Waals surface area contributed by atoms with Gasteiger partial charge in [0.05, 0.1) is 0 Å². The van der Waals surface area contributed by atoms with Gasteiger partial charge in [-0.3, -0.25) is 9.89 Å². The van der Waals surface area contributed by atoms with Crippen molar-refractivity contribution in [3.63, 3.8) is 0 Å². The Kier molecular flexibility index (Phi) is 4.89. The molecule has 0 atom stereocenters. The molecule has 0 bridgehead atoms. The molecule has 0 aliphatic heterocycles. The van der Waals surface area contributed by atoms with Crippen molar-refractivity contribution in [2.75, 3.05) is 32.9 Å². The van der Waals surface area contributed by atoms with E-state index in [0.29, 0.717) is 13.1 Å². The number of aromatic amines is 1. The minimum Gasteiger partial charge on any atom is -0.366 e. The first kappa shape index (κ1) is 15.0. The van der Waals surface area contributed by atoms with Crippen molar-refractivity contribution in [1.29, 1.82) is 0 Å². The zero-order valence-electron chi connectivity index (χ0n) is 12.3. The zero-order valence-corrected chi connectivity index (χ0v) is 12.3. The molecule has 7 nitrogen and oxygen atoms in total. The average Bonchev–Trinajstić information content (AvgIpc) is 2.90. The van der Waals surface area contributed by atoms with Gasteiger partial charge in [0.2, 0.25) is 11.8 Å². The first-order chi connectivity index (χ1) is 10.1. The predicted octanol–water partition coefficient (Wildman–Crippen LogP) is 0.591. The molecule has 0 unspecified atom stereocenters. The van der Waals surface area contributed by atoms with Gasteiger partial charge in [0.15, 0.2) is 0 Å². The number of amides is 1. The highest BCUT2D eigenvalue weighted by Gasteiger charge is 2.19. The summed E-state index contributed by atoms with van der Waals surface area (Å²) in [5.74, 6) is 0.0395. The molecule has 0 aliphatic rings. The quantitative estimate of drug-likeness (QED) is 0.812. The Bertz CT molecular complexity index is 580. The Morgan fingerprint density at radius 3 is 2.52 bits per heavy atom. The number of carbonyl (C=O) groups is 1. The summed E-state index contributed by atoms with van der Waals surface area (Å²) in [6.45, 7) is 1.89. The number of H-pyrrole nitrogens is 1. The number of nitrogens with two attached hydrogens (primary N) is 1. The van der Waals surface area contributed by atoms with Gasteiger partial charge in [-0.15, -0.1) is 5.10 Å². The average molecular weight is 288 g/mol. The number of nitrogens with zero attached hydrogens (tertiary/aromatic N) is 4. The van der Waals surface area contributed by atoms with E-state index in [9.17, 15) is 4.79 Å². The van der Waals surface area contributed by atoms with E-state index in [1.807, 2.05) is 49.3 Å². The smallest absolute Gasteiger partial charge is 0.291 e. The SMILES string of the molecule is CN(C)CCN(Cc1ccccc1)C(=O)c1nc(N)n[nH]1. The van der Waals surface area contributed by atoms with E-state index >= 15 is 0 Å². The first-order valence-corrected chi connectivity index (χ1v) is 6.72. The molecule has 1 amide bonds. The fraction of sp³-hybridized carbons (Fsp3) is 0.357. The van der Waals surface area contributed by atoms with Crippen LogP contribution in [0.5, 0.6) is 0 Å². The molecule has 3 N–H and O–H groups in total. The lowest BCUT2D eigenvalue weighted by Gasteiger charge is -2.23. The zero-order chi connectivity index (χ0) is 15.2. The van der Waals surface area contributed by atoms with Crippen LogP contribution in [-0.2, 0) is 6.54 Å². The van der Waals surface area contributed by atoms with E-state index < -0.39 is 0 Å². The Morgan fingerprint density at radius 2 is 1.95 bits per heavy atom. The summed E-state index contributed by atoms with van der Waals surface area (Å²) < 4.78 is 0. The Balaban J connectivity index is 2.13. The van der Waals surface area contributed by atoms with Crippen LogP contribution in [0.2, 0.25) is 0 Å². The molecule has 2 rings (SSSR count). The fourth-order valence-corrected chi connectivity index (χ4v) is 1.90. The van der Waals surface area contributed by atoms with E-state index in [4.69, 9.17) is 5.73 Å². The second-order valence-corrected chi connectivity index (χ2v) is 5.06. The van der Waals surface area contributed by atoms with Gasteiger partial charge in [-0.05, 0) is 19.7 Å². The molecule has 2 aromatic rings. The summed E-state index contributed by atoms with van der Waals surface area (Å²) in [5, 5.41) is 6.27. The van der Waals surface area contributed by atoms with Crippen LogP contribution in [0.15, 0.2) is 30.3 Å². The van der Waals surface area contributed by atoms with Gasteiger partial charge in [-0.25, -0.2) is 0 Å². The van der Waals surface area contributed by atoms with Crippen molar-refractivity contribution in [1.82, 2.24) is 25.0 Å². The summed E-state index contributed by atoms with van der Waals surface area (Å²) >= 11 is 0. The molecular formula is C14H20N6O. The van der Waals surface area contributed by atoms with Gasteiger partial charge < -0.3 is 15.5 Å². The monoisotopic (exact) mass is 288 g/mol. The maximum atomic E-state index is 12.5. The predicted molar refractivity (Wildman–Crippen MR) is 80.5 cm³/mol. The summed E-state index contributed by atoms with van der Waals surface area (Å²) in [6.07, 6.45) is 0. The van der Waals surface area contributed by atoms with Crippen LogP contribution in [-0.4, -0.2) is 58.1 Å². The van der Waals surface area contributed by atoms with E-state index in [0.717, 1.165) is 12.1 Å². The van der Waals surface area contributed by atoms with Gasteiger partial charge in [-0.1, -0.05) is 30.3 Å². The number of nitrogen functional groups attached to an aromatic ring is 1. The molecule has 0 radical (unpaired) electrons. The molecule has 1 heterocycles. The molecule has 1 aromatic heterocycles. The van der Waals surface area contributed by atoms with Crippen LogP contribution in [0.3, 0.4) is 0 Å². The number of benzene rings is 1. The Morgan fingerprint density at radius 1 is 1.24 bits per heavy atom. The number of nitrogens with one attached hydrogen (secondary N) is 1. The molecule has 0 spiro atoms. The van der Waals surface area contributed by atoms with Crippen LogP contribution in [0.1, 0.15) is 16.2 Å². The molecule has 112 valence electrons. The summed E-state index contributed by atoms with van der Waals surface area (Å²) in [4.78, 5) is 20.2. The van der Waals surface area contributed by atoms with E-state index in [-0.39, 0.29) is 17.7 Å². The van der Waals surface area contributed by atoms with Gasteiger partial charge in [0, 0.05) is 19.6 Å². The maximum absolute atomic E-state index is 12.5. The third-order valence-electron chi connectivity index (χ3n) is 3.03. The topological polar surface area (TPSA) is 91.1 Å². The second kappa shape index (κ2) is 6.85. The van der Waals surface area contributed by atoms with E-state index in [1.54, 1.807) is 4.90 Å². The van der Waals surface area contributed by atoms with E-state index in [1.165, 1.54) is 0 Å². The highest BCUT2D eigenvalue weighted by molar-refractivity contribution is 5.90. The number of hydrogen-bond donors (Lipinski definition) is 2. The second-order valence-electron chi connectivity index (χ2n) is 5.06. The minimum absolute atomic E-state index is 0.0746. The molecule has 0 saturated heterocycles. The third-order valence-corrected chi connectivity index (χ3v) is 3.03. The van der Waals surface area contributed by atoms with Crippen LogP contribution in [0, 0.1) is 0 Å². The molecular weight excluding hydrogens is 268 g/mol. The van der Waals surface area contributed by atoms with Gasteiger partial charge in [0.1, 0.15) is 0 Å². The molecule has 0 fully saturated rings. The standard InChI is InChI=1S/C14H20N6O/c1-19(2)8-9-20(10-11-6-4-3-5-7-11)13(21)12-16-14(15)18-17-12/h3-7H,8-10H2,1-2H3,(H3,15,16,17,18). The number of hydrogen-bond acceptors (Lipinski definition) is 5. The van der Waals surface area contributed by atoms with Gasteiger partial charge >= 0.3 is 0 Å². The largest absolute Gasteiger partial charge is 0.366 e. The number of aromatic nitrogens is 3. The minimum atomic E-state index is -0.204. The van der Waals surface area contributed by atoms with E-state index in [2.05, 4.69) is 15.2 Å². The lowest BCUT2D eigenvalue weighted by Crippen LogP contribution is -2.36. The molecule has 0 aliphatic carbocycles. The van der Waals surface area contributed by atoms with Crippen molar-refractivity contribution in [3.05, 3.63) is 41.7 Å². The molecule has 1 aromatic carbocycles. The lowest BCUT2D eigenvalue weighted by atomic mass is 10.2. The Hall–Kier alpha value is -2.41. The van der Waals surface area contributed by atoms with Crippen LogP contribution in [0.25, 0.3) is 0 Å². The highest BCUT2D eigenvalue weighted by atomic mass is 16.2. The van der Waals surface area contributed by atoms with Crippen molar-refractivity contribution < 1.29 is 4.79 Å². The maximum Gasteiger partial charge on any atom is 0.291 e. The normalized spacial score (nSPS) is 10.8. The van der Waals surface area contributed by atoms with Crippen LogP contribution in [0.4, 0.5) is 5.95 Å². The highest BCUT2D eigenvalue weighted by Crippen LogP contribution is 2.08. The van der Waals surface area contributed by atoms with Gasteiger partial charge in [-0.2, -0.15) is 4.98 Å². The van der Waals surface area contributed by atoms with Crippen LogP contribution < -0.4 is 5.73 Å². The van der Waals surface area contributed by atoms with Crippen molar-refractivity contribution in [2.24, 2.45) is 0 Å². The fourth-order valence-electron chi connectivity index (χ4n) is 1.90. The summed E-state index contributed by atoms with van der Waals surface area (Å²) in [7, 11) is 3.94. The molecule has 0 saturated carbocycles. The number of anilines is 1. The summed E-state index contributed by atoms with van der Waals surface area (Å²) in [6, 6.07) is 9.84. The Labute approximate surface area is 123 Å². The van der Waals surface area contributed by atoms with Crippen LogP contribution >= 0.6 is 0 Å². The third kappa shape index (κ3) is 4.28. The molecule has 21 heavy (non-hydrogen) atoms. The number of carbonyl (C=O) groups excluding carboxylic acids is 1. The van der Waals surface area contributed by atoms with Gasteiger partial charge in [0.25, 0.3) is 5.91 Å².